The number of methoxy groups -OCH3 is 1. The highest BCUT2D eigenvalue weighted by atomic mass is 127. The molecule has 8 heteroatoms. The van der Waals surface area contributed by atoms with Gasteiger partial charge in [-0.1, -0.05) is 12.1 Å². The van der Waals surface area contributed by atoms with Crippen molar-refractivity contribution in [3.63, 3.8) is 0 Å². The Bertz CT molecular complexity index is 608. The second kappa shape index (κ2) is 11.8. The molecule has 1 unspecified atom stereocenters. The molecule has 1 aromatic rings. The van der Waals surface area contributed by atoms with Gasteiger partial charge in [0.15, 0.2) is 5.96 Å². The van der Waals surface area contributed by atoms with Gasteiger partial charge in [0.25, 0.3) is 0 Å². The van der Waals surface area contributed by atoms with E-state index in [2.05, 4.69) is 34.2 Å². The fourth-order valence-electron chi connectivity index (χ4n) is 3.68. The summed E-state index contributed by atoms with van der Waals surface area (Å²) in [5.74, 6) is 1.75. The van der Waals surface area contributed by atoms with E-state index in [1.807, 2.05) is 12.1 Å². The molecule has 1 aromatic carbocycles. The molecular formula is C20H33IN4O3. The van der Waals surface area contributed by atoms with Crippen LogP contribution in [0.15, 0.2) is 29.3 Å². The first-order chi connectivity index (χ1) is 13.2. The summed E-state index contributed by atoms with van der Waals surface area (Å²) in [6, 6.07) is 8.46. The van der Waals surface area contributed by atoms with E-state index in [1.165, 1.54) is 5.56 Å². The van der Waals surface area contributed by atoms with Crippen molar-refractivity contribution < 1.29 is 14.6 Å². The molecule has 2 saturated heterocycles. The number of β-amino-alcohol motifs (C(OH)–C–C–N with tert-alkyl or cyclic N) is 1. The number of aliphatic imine (C=N–C) groups is 1. The predicted octanol–water partition coefficient (Wildman–Crippen LogP) is 1.72. The Labute approximate surface area is 185 Å². The van der Waals surface area contributed by atoms with Crippen molar-refractivity contribution in [2.75, 3.05) is 59.6 Å². The monoisotopic (exact) mass is 504 g/mol. The zero-order chi connectivity index (χ0) is 19.1. The van der Waals surface area contributed by atoms with Crippen molar-refractivity contribution in [2.24, 2.45) is 4.99 Å². The quantitative estimate of drug-likeness (QED) is 0.350. The zero-order valence-corrected chi connectivity index (χ0v) is 19.2. The molecule has 0 bridgehead atoms. The van der Waals surface area contributed by atoms with E-state index in [0.717, 1.165) is 57.5 Å². The van der Waals surface area contributed by atoms with E-state index < -0.39 is 0 Å². The van der Waals surface area contributed by atoms with Crippen molar-refractivity contribution in [3.8, 4) is 5.75 Å². The van der Waals surface area contributed by atoms with Gasteiger partial charge in [0, 0.05) is 32.7 Å². The van der Waals surface area contributed by atoms with Crippen LogP contribution in [0.1, 0.15) is 24.9 Å². The largest absolute Gasteiger partial charge is 0.497 e. The Kier molecular flexibility index (Phi) is 9.76. The molecule has 0 aromatic heterocycles. The molecule has 0 radical (unpaired) electrons. The highest BCUT2D eigenvalue weighted by Gasteiger charge is 2.25. The summed E-state index contributed by atoms with van der Waals surface area (Å²) < 4.78 is 10.8. The van der Waals surface area contributed by atoms with Crippen LogP contribution in [0.25, 0.3) is 0 Å². The van der Waals surface area contributed by atoms with Gasteiger partial charge in [-0.3, -0.25) is 9.89 Å². The second-order valence-corrected chi connectivity index (χ2v) is 7.02. The third-order valence-corrected chi connectivity index (χ3v) is 5.20. The van der Waals surface area contributed by atoms with Crippen molar-refractivity contribution in [1.82, 2.24) is 15.1 Å². The number of halogens is 1. The summed E-state index contributed by atoms with van der Waals surface area (Å²) in [6.45, 7) is 8.39. The third-order valence-electron chi connectivity index (χ3n) is 5.20. The molecule has 2 heterocycles. The number of benzene rings is 1. The maximum absolute atomic E-state index is 9.87. The molecule has 158 valence electrons. The Morgan fingerprint density at radius 1 is 1.29 bits per heavy atom. The van der Waals surface area contributed by atoms with E-state index >= 15 is 0 Å². The average Bonchev–Trinajstić information content (AvgIpc) is 3.15. The highest BCUT2D eigenvalue weighted by Crippen LogP contribution is 2.25. The Morgan fingerprint density at radius 2 is 2.00 bits per heavy atom. The fraction of sp³-hybridized carbons (Fsp3) is 0.650. The number of guanidine groups is 1. The number of morpholine rings is 1. The molecular weight excluding hydrogens is 471 g/mol. The predicted molar refractivity (Wildman–Crippen MR) is 122 cm³/mol. The molecule has 2 N–H and O–H groups in total. The second-order valence-electron chi connectivity index (χ2n) is 7.02. The maximum Gasteiger partial charge on any atom is 0.194 e. The molecule has 2 fully saturated rings. The van der Waals surface area contributed by atoms with Crippen LogP contribution in [0.5, 0.6) is 5.75 Å². The average molecular weight is 504 g/mol. The van der Waals surface area contributed by atoms with E-state index in [-0.39, 0.29) is 36.1 Å². The van der Waals surface area contributed by atoms with Gasteiger partial charge in [0.2, 0.25) is 0 Å². The van der Waals surface area contributed by atoms with Gasteiger partial charge >= 0.3 is 0 Å². The minimum absolute atomic E-state index is 0. The summed E-state index contributed by atoms with van der Waals surface area (Å²) >= 11 is 0. The summed E-state index contributed by atoms with van der Waals surface area (Å²) in [4.78, 5) is 9.52. The molecule has 0 aliphatic carbocycles. The van der Waals surface area contributed by atoms with Crippen molar-refractivity contribution >= 4 is 29.9 Å². The van der Waals surface area contributed by atoms with Gasteiger partial charge in [-0.15, -0.1) is 24.0 Å². The SMILES string of the molecule is CCNC(=NCC(c1ccc(OC)cc1)N1CCOCC1)N1CC[C@@H](O)C1.I. The summed E-state index contributed by atoms with van der Waals surface area (Å²) in [7, 11) is 1.69. The van der Waals surface area contributed by atoms with Crippen molar-refractivity contribution in [3.05, 3.63) is 29.8 Å². The zero-order valence-electron chi connectivity index (χ0n) is 16.8. The van der Waals surface area contributed by atoms with Crippen LogP contribution in [0.3, 0.4) is 0 Å². The smallest absolute Gasteiger partial charge is 0.194 e. The van der Waals surface area contributed by atoms with Crippen molar-refractivity contribution in [2.45, 2.75) is 25.5 Å². The molecule has 28 heavy (non-hydrogen) atoms. The van der Waals surface area contributed by atoms with E-state index in [0.29, 0.717) is 13.1 Å². The first kappa shape index (κ1) is 23.2. The molecule has 3 rings (SSSR count). The van der Waals surface area contributed by atoms with E-state index in [1.54, 1.807) is 7.11 Å². The Hall–Kier alpha value is -1.10. The summed E-state index contributed by atoms with van der Waals surface area (Å²) in [6.07, 6.45) is 0.543. The normalized spacial score (nSPS) is 21.9. The number of likely N-dealkylation sites (tertiary alicyclic amines) is 1. The van der Waals surface area contributed by atoms with Gasteiger partial charge < -0.3 is 24.8 Å². The number of hydrogen-bond acceptors (Lipinski definition) is 5. The topological polar surface area (TPSA) is 69.6 Å². The Morgan fingerprint density at radius 3 is 2.57 bits per heavy atom. The lowest BCUT2D eigenvalue weighted by molar-refractivity contribution is 0.0179. The molecule has 2 aliphatic heterocycles. The number of rotatable bonds is 6. The highest BCUT2D eigenvalue weighted by molar-refractivity contribution is 14.0. The van der Waals surface area contributed by atoms with Gasteiger partial charge in [-0.25, -0.2) is 0 Å². The first-order valence-corrected chi connectivity index (χ1v) is 9.88. The number of nitrogens with zero attached hydrogens (tertiary/aromatic N) is 3. The van der Waals surface area contributed by atoms with Crippen LogP contribution in [-0.4, -0.2) is 86.6 Å². The number of hydrogen-bond donors (Lipinski definition) is 2. The summed E-state index contributed by atoms with van der Waals surface area (Å²) in [5.41, 5.74) is 1.23. The van der Waals surface area contributed by atoms with Crippen LogP contribution in [0.4, 0.5) is 0 Å². The lowest BCUT2D eigenvalue weighted by Crippen LogP contribution is -2.43. The van der Waals surface area contributed by atoms with Crippen LogP contribution < -0.4 is 10.1 Å². The van der Waals surface area contributed by atoms with Gasteiger partial charge in [0.05, 0.1) is 39.0 Å². The van der Waals surface area contributed by atoms with Crippen LogP contribution in [0, 0.1) is 0 Å². The van der Waals surface area contributed by atoms with E-state index in [4.69, 9.17) is 14.5 Å². The minimum atomic E-state index is -0.259. The minimum Gasteiger partial charge on any atom is -0.497 e. The Balaban J connectivity index is 0.00000280. The van der Waals surface area contributed by atoms with Crippen LogP contribution >= 0.6 is 24.0 Å². The van der Waals surface area contributed by atoms with Gasteiger partial charge in [-0.2, -0.15) is 0 Å². The van der Waals surface area contributed by atoms with Crippen LogP contribution in [-0.2, 0) is 4.74 Å². The van der Waals surface area contributed by atoms with Crippen LogP contribution in [0.2, 0.25) is 0 Å². The number of aliphatic hydroxyl groups is 1. The number of ether oxygens (including phenoxy) is 2. The molecule has 0 saturated carbocycles. The van der Waals surface area contributed by atoms with Gasteiger partial charge in [0.1, 0.15) is 5.75 Å². The molecule has 2 aliphatic rings. The summed E-state index contributed by atoms with van der Waals surface area (Å²) in [5, 5.41) is 13.2. The lowest BCUT2D eigenvalue weighted by Gasteiger charge is -2.34. The molecule has 0 spiro atoms. The standard InChI is InChI=1S/C20H32N4O3.HI/c1-3-21-20(24-9-8-17(25)15-24)22-14-19(23-10-12-27-13-11-23)16-4-6-18(26-2)7-5-16;/h4-7,17,19,25H,3,8-15H2,1-2H3,(H,21,22);1H/t17-,19?;/m1./s1. The van der Waals surface area contributed by atoms with Gasteiger partial charge in [-0.05, 0) is 31.0 Å². The first-order valence-electron chi connectivity index (χ1n) is 9.88. The van der Waals surface area contributed by atoms with Crippen molar-refractivity contribution in [1.29, 1.82) is 0 Å². The maximum atomic E-state index is 9.87. The third kappa shape index (κ3) is 6.20. The lowest BCUT2D eigenvalue weighted by atomic mass is 10.0. The molecule has 7 nitrogen and oxygen atoms in total. The molecule has 0 amide bonds. The van der Waals surface area contributed by atoms with E-state index in [9.17, 15) is 5.11 Å². The number of aliphatic hydroxyl groups excluding tert-OH is 1. The number of nitrogens with one attached hydrogen (secondary N) is 1. The fourth-order valence-corrected chi connectivity index (χ4v) is 3.68. The molecule has 2 atom stereocenters.